The van der Waals surface area contributed by atoms with Crippen LogP contribution in [-0.4, -0.2) is 28.8 Å². The average molecular weight is 560 g/mol. The molecule has 8 nitrogen and oxygen atoms in total. The fraction of sp³-hybridized carbons (Fsp3) is 0.167. The van der Waals surface area contributed by atoms with E-state index in [2.05, 4.69) is 37.4 Å². The van der Waals surface area contributed by atoms with E-state index in [0.717, 1.165) is 48.3 Å². The molecule has 0 radical (unpaired) electrons. The van der Waals surface area contributed by atoms with Gasteiger partial charge in [0.05, 0.1) is 11.6 Å². The van der Waals surface area contributed by atoms with Gasteiger partial charge in [-0.05, 0) is 72.1 Å². The largest absolute Gasteiger partial charge is 0.573 e. The number of hydrogen-bond acceptors (Lipinski definition) is 6. The summed E-state index contributed by atoms with van der Waals surface area (Å²) in [5.41, 5.74) is 4.47. The number of nitrogens with zero attached hydrogens (tertiary/aromatic N) is 3. The van der Waals surface area contributed by atoms with Gasteiger partial charge in [0.15, 0.2) is 0 Å². The minimum Gasteiger partial charge on any atom is -0.437 e. The highest BCUT2D eigenvalue weighted by Gasteiger charge is 2.31. The van der Waals surface area contributed by atoms with Crippen molar-refractivity contribution in [2.24, 2.45) is 0 Å². The van der Waals surface area contributed by atoms with Gasteiger partial charge in [0, 0.05) is 37.1 Å². The number of amides is 2. The van der Waals surface area contributed by atoms with Crippen LogP contribution in [0, 0.1) is 11.3 Å². The van der Waals surface area contributed by atoms with Crippen LogP contribution in [0.4, 0.5) is 29.3 Å². The van der Waals surface area contributed by atoms with Gasteiger partial charge in [-0.3, -0.25) is 4.90 Å². The second-order valence-electron chi connectivity index (χ2n) is 9.28. The van der Waals surface area contributed by atoms with Crippen molar-refractivity contribution in [1.82, 2.24) is 9.88 Å². The van der Waals surface area contributed by atoms with Crippen LogP contribution in [-0.2, 0) is 19.5 Å². The normalized spacial score (nSPS) is 13.0. The van der Waals surface area contributed by atoms with Crippen LogP contribution < -0.4 is 20.1 Å². The number of pyridine rings is 1. The summed E-state index contributed by atoms with van der Waals surface area (Å²) in [6.07, 6.45) is -2.51. The Morgan fingerprint density at radius 1 is 1.02 bits per heavy atom. The number of alkyl halides is 3. The fourth-order valence-corrected chi connectivity index (χ4v) is 4.56. The van der Waals surface area contributed by atoms with Crippen molar-refractivity contribution < 1.29 is 27.4 Å². The van der Waals surface area contributed by atoms with E-state index in [1.807, 2.05) is 30.3 Å². The molecular formula is C30H24F3N5O3. The van der Waals surface area contributed by atoms with Gasteiger partial charge in [0.25, 0.3) is 0 Å². The van der Waals surface area contributed by atoms with Crippen molar-refractivity contribution >= 4 is 17.4 Å². The van der Waals surface area contributed by atoms with Crippen molar-refractivity contribution in [3.8, 4) is 23.4 Å². The number of aromatic nitrogens is 1. The average Bonchev–Trinajstić information content (AvgIpc) is 2.94. The van der Waals surface area contributed by atoms with Crippen molar-refractivity contribution in [3.05, 3.63) is 107 Å². The lowest BCUT2D eigenvalue weighted by Crippen LogP contribution is -2.30. The smallest absolute Gasteiger partial charge is 0.437 e. The number of rotatable bonds is 7. The Morgan fingerprint density at radius 2 is 1.83 bits per heavy atom. The predicted octanol–water partition coefficient (Wildman–Crippen LogP) is 6.85. The van der Waals surface area contributed by atoms with Crippen LogP contribution in [0.1, 0.15) is 22.3 Å². The Balaban J connectivity index is 1.24. The van der Waals surface area contributed by atoms with E-state index in [4.69, 9.17) is 4.74 Å². The molecule has 0 spiro atoms. The summed E-state index contributed by atoms with van der Waals surface area (Å²) in [7, 11) is 0. The third-order valence-electron chi connectivity index (χ3n) is 6.34. The summed E-state index contributed by atoms with van der Waals surface area (Å²) in [6.45, 7) is 2.24. The van der Waals surface area contributed by atoms with E-state index >= 15 is 0 Å². The lowest BCUT2D eigenvalue weighted by atomic mass is 9.98. The van der Waals surface area contributed by atoms with Crippen molar-refractivity contribution in [3.63, 3.8) is 0 Å². The molecule has 5 rings (SSSR count). The molecule has 2 heterocycles. The monoisotopic (exact) mass is 559 g/mol. The molecule has 0 bridgehead atoms. The first-order valence-corrected chi connectivity index (χ1v) is 12.6. The number of hydrogen-bond donors (Lipinski definition) is 2. The van der Waals surface area contributed by atoms with Crippen LogP contribution in [0.5, 0.6) is 17.4 Å². The van der Waals surface area contributed by atoms with E-state index in [1.165, 1.54) is 12.1 Å². The molecule has 208 valence electrons. The highest BCUT2D eigenvalue weighted by molar-refractivity contribution is 6.00. The fourth-order valence-electron chi connectivity index (χ4n) is 4.56. The molecule has 0 unspecified atom stereocenters. The molecule has 0 fully saturated rings. The number of fused-ring (bicyclic) bond motifs is 1. The van der Waals surface area contributed by atoms with E-state index in [0.29, 0.717) is 23.5 Å². The molecular weight excluding hydrogens is 535 g/mol. The number of carbonyl (C=O) groups is 1. The lowest BCUT2D eigenvalue weighted by Gasteiger charge is -2.30. The number of urea groups is 1. The Morgan fingerprint density at radius 3 is 2.61 bits per heavy atom. The number of benzene rings is 3. The van der Waals surface area contributed by atoms with Crippen LogP contribution in [0.3, 0.4) is 0 Å². The van der Waals surface area contributed by atoms with Crippen LogP contribution in [0.25, 0.3) is 0 Å². The number of anilines is 2. The van der Waals surface area contributed by atoms with E-state index in [1.54, 1.807) is 24.4 Å². The molecule has 0 aliphatic carbocycles. The van der Waals surface area contributed by atoms with Crippen molar-refractivity contribution in [2.75, 3.05) is 17.2 Å². The first kappa shape index (κ1) is 27.5. The number of carbonyl (C=O) groups excluding carboxylic acids is 1. The summed E-state index contributed by atoms with van der Waals surface area (Å²) in [5, 5.41) is 14.4. The van der Waals surface area contributed by atoms with Gasteiger partial charge >= 0.3 is 12.4 Å². The zero-order valence-corrected chi connectivity index (χ0v) is 21.6. The van der Waals surface area contributed by atoms with Crippen molar-refractivity contribution in [1.29, 1.82) is 5.26 Å². The number of halogens is 3. The number of nitriles is 1. The molecule has 1 aliphatic rings. The zero-order valence-electron chi connectivity index (χ0n) is 21.6. The third-order valence-corrected chi connectivity index (χ3v) is 6.34. The van der Waals surface area contributed by atoms with Gasteiger partial charge in [-0.2, -0.15) is 5.26 Å². The summed E-state index contributed by atoms with van der Waals surface area (Å²) in [6, 6.07) is 23.0. The summed E-state index contributed by atoms with van der Waals surface area (Å²) in [5.74, 6) is 0.436. The Labute approximate surface area is 234 Å². The minimum absolute atomic E-state index is 0.195. The predicted molar refractivity (Wildman–Crippen MR) is 145 cm³/mol. The van der Waals surface area contributed by atoms with E-state index in [9.17, 15) is 23.2 Å². The van der Waals surface area contributed by atoms with Gasteiger partial charge in [0.1, 0.15) is 17.2 Å². The zero-order chi connectivity index (χ0) is 28.8. The van der Waals surface area contributed by atoms with Gasteiger partial charge < -0.3 is 20.1 Å². The summed E-state index contributed by atoms with van der Waals surface area (Å²) >= 11 is 0. The molecule has 4 aromatic rings. The maximum Gasteiger partial charge on any atom is 0.573 e. The summed E-state index contributed by atoms with van der Waals surface area (Å²) in [4.78, 5) is 19.2. The SMILES string of the molecule is N#Cc1cccc(CN2CCc3c(cccc3Oc3ncccc3NC(=O)Nc3ccc(OC(F)(F)F)cc3)C2)c1. The first-order chi connectivity index (χ1) is 19.8. The molecule has 41 heavy (non-hydrogen) atoms. The molecule has 11 heteroatoms. The molecule has 3 aromatic carbocycles. The maximum atomic E-state index is 12.6. The molecule has 0 saturated heterocycles. The standard InChI is InChI=1S/C30H24F3N5O3/c31-30(32,33)41-24-11-9-23(10-12-24)36-29(39)37-26-7-3-14-35-28(26)40-27-8-2-6-22-19-38(15-13-25(22)27)18-21-5-1-4-20(16-21)17-34/h1-12,14,16H,13,15,18-19H2,(H2,36,37,39). The van der Waals surface area contributed by atoms with Gasteiger partial charge in [0.2, 0.25) is 5.88 Å². The molecule has 2 N–H and O–H groups in total. The second-order valence-corrected chi connectivity index (χ2v) is 9.28. The van der Waals surface area contributed by atoms with Gasteiger partial charge in [-0.1, -0.05) is 24.3 Å². The molecule has 0 saturated carbocycles. The van der Waals surface area contributed by atoms with E-state index < -0.39 is 18.1 Å². The number of ether oxygens (including phenoxy) is 2. The highest BCUT2D eigenvalue weighted by atomic mass is 19.4. The molecule has 1 aromatic heterocycles. The second kappa shape index (κ2) is 12.0. The Kier molecular flexibility index (Phi) is 8.03. The number of nitrogens with one attached hydrogen (secondary N) is 2. The third kappa shape index (κ3) is 7.32. The summed E-state index contributed by atoms with van der Waals surface area (Å²) < 4.78 is 47.1. The Hall–Kier alpha value is -5.08. The quantitative estimate of drug-likeness (QED) is 0.257. The topological polar surface area (TPSA) is 99.5 Å². The Bertz CT molecular complexity index is 1590. The van der Waals surface area contributed by atoms with Crippen LogP contribution >= 0.6 is 0 Å². The maximum absolute atomic E-state index is 12.6. The minimum atomic E-state index is -4.80. The highest BCUT2D eigenvalue weighted by Crippen LogP contribution is 2.34. The van der Waals surface area contributed by atoms with Gasteiger partial charge in [-0.25, -0.2) is 9.78 Å². The first-order valence-electron chi connectivity index (χ1n) is 12.6. The molecule has 2 amide bonds. The van der Waals surface area contributed by atoms with Crippen molar-refractivity contribution in [2.45, 2.75) is 25.9 Å². The van der Waals surface area contributed by atoms with Gasteiger partial charge in [-0.15, -0.1) is 13.2 Å². The van der Waals surface area contributed by atoms with Crippen LogP contribution in [0.15, 0.2) is 85.1 Å². The van der Waals surface area contributed by atoms with E-state index in [-0.39, 0.29) is 11.6 Å². The molecule has 0 atom stereocenters. The lowest BCUT2D eigenvalue weighted by molar-refractivity contribution is -0.274. The molecule has 1 aliphatic heterocycles. The van der Waals surface area contributed by atoms with Crippen LogP contribution in [0.2, 0.25) is 0 Å².